The van der Waals surface area contributed by atoms with Crippen molar-refractivity contribution in [2.24, 2.45) is 0 Å². The Bertz CT molecular complexity index is 539. The third-order valence-electron chi connectivity index (χ3n) is 2.42. The average molecular weight is 230 g/mol. The number of amides is 1. The number of carbonyl (C=O) groups excluding carboxylic acids is 1. The Morgan fingerprint density at radius 1 is 1.12 bits per heavy atom. The van der Waals surface area contributed by atoms with E-state index in [-0.39, 0.29) is 5.91 Å². The number of H-pyrrole nitrogens is 1. The van der Waals surface area contributed by atoms with Crippen molar-refractivity contribution in [2.45, 2.75) is 20.8 Å². The zero-order valence-electron chi connectivity index (χ0n) is 10.0. The molecular weight excluding hydrogens is 216 g/mol. The zero-order chi connectivity index (χ0) is 12.4. The standard InChI is InChI=1S/C12H14N4O/c1-7-4-8(2)6-10(5-7)13-12(17)11-9(3)14-16-15-11/h4-6H,1-3H3,(H,13,17)(H,14,15,16). The lowest BCUT2D eigenvalue weighted by molar-refractivity contribution is 0.102. The quantitative estimate of drug-likeness (QED) is 0.828. The van der Waals surface area contributed by atoms with Gasteiger partial charge in [-0.15, -0.1) is 0 Å². The molecule has 0 unspecified atom stereocenters. The summed E-state index contributed by atoms with van der Waals surface area (Å²) in [5.74, 6) is -0.249. The normalized spacial score (nSPS) is 10.3. The lowest BCUT2D eigenvalue weighted by Gasteiger charge is -2.06. The van der Waals surface area contributed by atoms with E-state index in [4.69, 9.17) is 0 Å². The van der Waals surface area contributed by atoms with Crippen LogP contribution in [0.3, 0.4) is 0 Å². The van der Waals surface area contributed by atoms with Gasteiger partial charge in [-0.1, -0.05) is 6.07 Å². The Kier molecular flexibility index (Phi) is 2.91. The maximum absolute atomic E-state index is 11.9. The van der Waals surface area contributed by atoms with Crippen molar-refractivity contribution < 1.29 is 4.79 Å². The molecule has 1 aromatic heterocycles. The molecule has 0 saturated carbocycles. The van der Waals surface area contributed by atoms with Gasteiger partial charge in [0.1, 0.15) is 0 Å². The molecule has 0 aliphatic carbocycles. The first kappa shape index (κ1) is 11.3. The lowest BCUT2D eigenvalue weighted by atomic mass is 10.1. The van der Waals surface area contributed by atoms with Gasteiger partial charge in [0.25, 0.3) is 5.91 Å². The van der Waals surface area contributed by atoms with Gasteiger partial charge in [0.15, 0.2) is 5.69 Å². The maximum Gasteiger partial charge on any atom is 0.278 e. The van der Waals surface area contributed by atoms with Crippen LogP contribution in [0.1, 0.15) is 27.3 Å². The Hall–Kier alpha value is -2.17. The summed E-state index contributed by atoms with van der Waals surface area (Å²) >= 11 is 0. The fourth-order valence-corrected chi connectivity index (χ4v) is 1.74. The van der Waals surface area contributed by atoms with Crippen LogP contribution in [-0.4, -0.2) is 21.3 Å². The van der Waals surface area contributed by atoms with Gasteiger partial charge in [-0.05, 0) is 44.0 Å². The molecule has 0 radical (unpaired) electrons. The molecule has 5 nitrogen and oxygen atoms in total. The number of nitrogens with zero attached hydrogens (tertiary/aromatic N) is 2. The summed E-state index contributed by atoms with van der Waals surface area (Å²) in [5.41, 5.74) is 3.90. The van der Waals surface area contributed by atoms with Crippen molar-refractivity contribution in [3.05, 3.63) is 40.7 Å². The molecule has 2 N–H and O–H groups in total. The van der Waals surface area contributed by atoms with E-state index < -0.39 is 0 Å². The Balaban J connectivity index is 2.21. The van der Waals surface area contributed by atoms with Gasteiger partial charge in [0, 0.05) is 5.69 Å². The Morgan fingerprint density at radius 3 is 2.29 bits per heavy atom. The van der Waals surface area contributed by atoms with Crippen molar-refractivity contribution in [1.29, 1.82) is 0 Å². The summed E-state index contributed by atoms with van der Waals surface area (Å²) in [6.45, 7) is 5.72. The number of aromatic amines is 1. The van der Waals surface area contributed by atoms with Gasteiger partial charge < -0.3 is 5.32 Å². The van der Waals surface area contributed by atoms with Gasteiger partial charge in [-0.25, -0.2) is 0 Å². The number of aryl methyl sites for hydroxylation is 3. The number of carbonyl (C=O) groups is 1. The first-order valence-corrected chi connectivity index (χ1v) is 5.33. The third kappa shape index (κ3) is 2.50. The van der Waals surface area contributed by atoms with Gasteiger partial charge in [0.2, 0.25) is 0 Å². The smallest absolute Gasteiger partial charge is 0.278 e. The second-order valence-electron chi connectivity index (χ2n) is 4.09. The van der Waals surface area contributed by atoms with Gasteiger partial charge in [0.05, 0.1) is 5.69 Å². The molecule has 1 heterocycles. The second-order valence-corrected chi connectivity index (χ2v) is 4.09. The molecular formula is C12H14N4O. The minimum atomic E-state index is -0.249. The Morgan fingerprint density at radius 2 is 1.76 bits per heavy atom. The van der Waals surface area contributed by atoms with Crippen LogP contribution in [0.4, 0.5) is 5.69 Å². The minimum Gasteiger partial charge on any atom is -0.321 e. The molecule has 0 aliphatic heterocycles. The van der Waals surface area contributed by atoms with E-state index in [1.54, 1.807) is 6.92 Å². The highest BCUT2D eigenvalue weighted by Crippen LogP contribution is 2.14. The molecule has 17 heavy (non-hydrogen) atoms. The number of nitrogens with one attached hydrogen (secondary N) is 2. The van der Waals surface area contributed by atoms with Crippen LogP contribution in [0.15, 0.2) is 18.2 Å². The number of anilines is 1. The molecule has 0 aliphatic rings. The number of hydrogen-bond acceptors (Lipinski definition) is 3. The summed E-state index contributed by atoms with van der Waals surface area (Å²) in [7, 11) is 0. The van der Waals surface area contributed by atoms with E-state index in [0.29, 0.717) is 11.4 Å². The van der Waals surface area contributed by atoms with Gasteiger partial charge in [-0.2, -0.15) is 15.4 Å². The number of benzene rings is 1. The van der Waals surface area contributed by atoms with Crippen molar-refractivity contribution in [1.82, 2.24) is 15.4 Å². The van der Waals surface area contributed by atoms with Gasteiger partial charge >= 0.3 is 0 Å². The molecule has 1 amide bonds. The molecule has 88 valence electrons. The second kappa shape index (κ2) is 4.37. The average Bonchev–Trinajstić information content (AvgIpc) is 2.62. The summed E-state index contributed by atoms with van der Waals surface area (Å²) < 4.78 is 0. The van der Waals surface area contributed by atoms with Crippen molar-refractivity contribution in [2.75, 3.05) is 5.32 Å². The van der Waals surface area contributed by atoms with E-state index in [2.05, 4.69) is 26.8 Å². The fourth-order valence-electron chi connectivity index (χ4n) is 1.74. The van der Waals surface area contributed by atoms with E-state index in [1.807, 2.05) is 26.0 Å². The van der Waals surface area contributed by atoms with Crippen molar-refractivity contribution in [3.63, 3.8) is 0 Å². The zero-order valence-corrected chi connectivity index (χ0v) is 10.0. The van der Waals surface area contributed by atoms with E-state index in [0.717, 1.165) is 16.8 Å². The number of rotatable bonds is 2. The molecule has 2 rings (SSSR count). The minimum absolute atomic E-state index is 0.249. The molecule has 0 fully saturated rings. The first-order chi connectivity index (χ1) is 8.06. The highest BCUT2D eigenvalue weighted by Gasteiger charge is 2.13. The Labute approximate surface area is 99.2 Å². The fraction of sp³-hybridized carbons (Fsp3) is 0.250. The number of aromatic nitrogens is 3. The predicted octanol–water partition coefficient (Wildman–Crippen LogP) is 1.98. The van der Waals surface area contributed by atoms with Crippen LogP contribution in [0.2, 0.25) is 0 Å². The highest BCUT2D eigenvalue weighted by atomic mass is 16.2. The monoisotopic (exact) mass is 230 g/mol. The van der Waals surface area contributed by atoms with E-state index >= 15 is 0 Å². The van der Waals surface area contributed by atoms with Crippen molar-refractivity contribution >= 4 is 11.6 Å². The van der Waals surface area contributed by atoms with Crippen LogP contribution in [0.25, 0.3) is 0 Å². The van der Waals surface area contributed by atoms with Crippen LogP contribution < -0.4 is 5.32 Å². The molecule has 0 saturated heterocycles. The molecule has 5 heteroatoms. The van der Waals surface area contributed by atoms with Crippen LogP contribution in [0.5, 0.6) is 0 Å². The highest BCUT2D eigenvalue weighted by molar-refractivity contribution is 6.03. The summed E-state index contributed by atoms with van der Waals surface area (Å²) in [6, 6.07) is 5.89. The topological polar surface area (TPSA) is 70.7 Å². The number of hydrogen-bond donors (Lipinski definition) is 2. The molecule has 0 atom stereocenters. The predicted molar refractivity (Wildman–Crippen MR) is 65.0 cm³/mol. The van der Waals surface area contributed by atoms with E-state index in [9.17, 15) is 4.79 Å². The summed E-state index contributed by atoms with van der Waals surface area (Å²) in [6.07, 6.45) is 0. The lowest BCUT2D eigenvalue weighted by Crippen LogP contribution is -2.14. The molecule has 0 bridgehead atoms. The van der Waals surface area contributed by atoms with Crippen molar-refractivity contribution in [3.8, 4) is 0 Å². The molecule has 1 aromatic carbocycles. The van der Waals surface area contributed by atoms with Gasteiger partial charge in [-0.3, -0.25) is 4.79 Å². The van der Waals surface area contributed by atoms with Crippen LogP contribution in [0, 0.1) is 20.8 Å². The largest absolute Gasteiger partial charge is 0.321 e. The third-order valence-corrected chi connectivity index (χ3v) is 2.42. The summed E-state index contributed by atoms with van der Waals surface area (Å²) in [5, 5.41) is 12.9. The molecule has 0 spiro atoms. The summed E-state index contributed by atoms with van der Waals surface area (Å²) in [4.78, 5) is 11.9. The SMILES string of the molecule is Cc1cc(C)cc(NC(=O)c2n[nH]nc2C)c1. The first-order valence-electron chi connectivity index (χ1n) is 5.33. The maximum atomic E-state index is 11.9. The van der Waals surface area contributed by atoms with Crippen LogP contribution >= 0.6 is 0 Å². The van der Waals surface area contributed by atoms with Crippen LogP contribution in [-0.2, 0) is 0 Å². The van der Waals surface area contributed by atoms with E-state index in [1.165, 1.54) is 0 Å². The molecule has 2 aromatic rings.